The van der Waals surface area contributed by atoms with Crippen LogP contribution in [0.15, 0.2) is 0 Å². The zero-order valence-electron chi connectivity index (χ0n) is 19.6. The van der Waals surface area contributed by atoms with Crippen molar-refractivity contribution in [1.82, 2.24) is 0 Å². The average molecular weight is 704 g/mol. The molecule has 0 rings (SSSR count). The van der Waals surface area contributed by atoms with E-state index in [0.29, 0.717) is 0 Å². The minimum Gasteiger partial charge on any atom is 2.00 e. The van der Waals surface area contributed by atoms with Crippen LogP contribution in [-0.2, 0) is 41.7 Å². The van der Waals surface area contributed by atoms with E-state index in [1.807, 2.05) is 0 Å². The van der Waals surface area contributed by atoms with Crippen LogP contribution < -0.4 is 12.4 Å². The van der Waals surface area contributed by atoms with Gasteiger partial charge in [-0.1, -0.05) is 58.9 Å². The predicted molar refractivity (Wildman–Crippen MR) is 137 cm³/mol. The molecule has 0 saturated heterocycles. The second-order valence-corrected chi connectivity index (χ2v) is 45.9. The molecule has 0 nitrogen and oxygen atoms in total. The van der Waals surface area contributed by atoms with Crippen molar-refractivity contribution < 1.29 is 54.1 Å². The smallest absolute Gasteiger partial charge is 2.00 e. The van der Waals surface area contributed by atoms with Crippen LogP contribution in [0.4, 0.5) is 0 Å². The maximum absolute atomic E-state index is 5.04. The zero-order valence-corrected chi connectivity index (χ0v) is 32.7. The van der Waals surface area contributed by atoms with E-state index >= 15 is 0 Å². The molecule has 27 heavy (non-hydrogen) atoms. The van der Waals surface area contributed by atoms with E-state index in [9.17, 15) is 0 Å². The monoisotopic (exact) mass is 698 g/mol. The maximum Gasteiger partial charge on any atom is 4.00 e. The summed E-state index contributed by atoms with van der Waals surface area (Å²) in [5, 5.41) is 0. The fourth-order valence-corrected chi connectivity index (χ4v) is 0. The number of rotatable bonds is 0. The molecule has 11 heteroatoms. The first-order valence-electron chi connectivity index (χ1n) is 7.73. The van der Waals surface area contributed by atoms with E-state index in [0.717, 1.165) is 0 Å². The molecule has 0 aliphatic heterocycles. The Bertz CT molecular complexity index is 156. The molecule has 0 aromatic heterocycles. The Labute approximate surface area is 238 Å². The van der Waals surface area contributed by atoms with Crippen LogP contribution >= 0.6 is 34.1 Å². The van der Waals surface area contributed by atoms with Crippen molar-refractivity contribution in [2.45, 2.75) is 72.8 Å². The van der Waals surface area contributed by atoms with Gasteiger partial charge in [-0.25, -0.2) is 0 Å². The molecule has 0 radical (unpaired) electrons. The third-order valence-corrected chi connectivity index (χ3v) is 0. The van der Waals surface area contributed by atoms with Gasteiger partial charge >= 0.3 is 98.8 Å². The molecule has 0 amide bonds. The topological polar surface area (TPSA) is 0 Å². The molecule has 0 aliphatic rings. The molecule has 0 aromatic carbocycles. The fourth-order valence-electron chi connectivity index (χ4n) is 0. The largest absolute Gasteiger partial charge is 4.00 e. The number of hydrogen-bond donors (Lipinski definition) is 0. The van der Waals surface area contributed by atoms with Crippen molar-refractivity contribution in [1.29, 1.82) is 0 Å². The normalized spacial score (nSPS) is 9.33. The summed E-state index contributed by atoms with van der Waals surface area (Å²) in [6.45, 7) is 41.7. The number of hydrogen-bond acceptors (Lipinski definition) is 0. The van der Waals surface area contributed by atoms with Crippen molar-refractivity contribution in [2.24, 2.45) is 0 Å². The minimum absolute atomic E-state index is 0. The second kappa shape index (κ2) is 32.8. The Morgan fingerprint density at radius 1 is 0.519 bits per heavy atom. The Morgan fingerprint density at radius 3 is 0.519 bits per heavy atom. The molecule has 0 heterocycles. The van der Waals surface area contributed by atoms with Crippen molar-refractivity contribution in [3.63, 3.8) is 0 Å². The van der Waals surface area contributed by atoms with Gasteiger partial charge in [0.15, 0.2) is 0 Å². The number of halogens is 5. The van der Waals surface area contributed by atoms with Crippen LogP contribution in [0.5, 0.6) is 0 Å². The van der Waals surface area contributed by atoms with Gasteiger partial charge in [-0.15, -0.1) is 24.2 Å². The van der Waals surface area contributed by atoms with Gasteiger partial charge in [0.1, 0.15) is 0 Å². The first kappa shape index (κ1) is 57.9. The third kappa shape index (κ3) is 1170. The Hall–Kier alpha value is 4.63. The van der Waals surface area contributed by atoms with Crippen molar-refractivity contribution >= 4 is 81.3 Å². The van der Waals surface area contributed by atoms with E-state index in [2.05, 4.69) is 92.4 Å². The Kier molecular flexibility index (Phi) is 70.4. The molecular weight excluding hydrogens is 660 g/mol. The van der Waals surface area contributed by atoms with Crippen LogP contribution in [0.3, 0.4) is 0 Å². The second-order valence-electron chi connectivity index (χ2n) is 8.11. The summed E-state index contributed by atoms with van der Waals surface area (Å²) in [7, 11) is 17.6. The van der Waals surface area contributed by atoms with Crippen LogP contribution in [0.2, 0.25) is 58.9 Å². The van der Waals surface area contributed by atoms with Gasteiger partial charge in [0.25, 0.3) is 0 Å². The Morgan fingerprint density at radius 2 is 0.519 bits per heavy atom. The SMILES string of the molecule is [CH2-]C.[CH2-]C.[CH2-][Si](C)(C)C.[CH2-][Si](C)(C)C.[CH2-][Si](C)(C)C.[Cl-].[Cl][Zr]([Cl])([Cl])[Cl].[Mg+2].[Zr+4]. The maximum atomic E-state index is 5.04. The van der Waals surface area contributed by atoms with Gasteiger partial charge < -0.3 is 45.9 Å². The van der Waals surface area contributed by atoms with Gasteiger partial charge in [-0.3, -0.25) is 0 Å². The van der Waals surface area contributed by atoms with Crippen LogP contribution in [-0.4, -0.2) is 47.3 Å². The van der Waals surface area contributed by atoms with Gasteiger partial charge in [0.2, 0.25) is 0 Å². The van der Waals surface area contributed by atoms with E-state index in [4.69, 9.17) is 34.1 Å². The summed E-state index contributed by atoms with van der Waals surface area (Å²) in [6, 6.07) is 0. The van der Waals surface area contributed by atoms with Crippen molar-refractivity contribution in [3.8, 4) is 0 Å². The molecular formula is C16H43Cl5MgSi3Zr2. The molecule has 0 fully saturated rings. The van der Waals surface area contributed by atoms with Gasteiger partial charge in [0.05, 0.1) is 0 Å². The van der Waals surface area contributed by atoms with E-state index in [1.165, 1.54) is 0 Å². The average Bonchev–Trinajstić information content (AvgIpc) is 2.12. The van der Waals surface area contributed by atoms with Crippen molar-refractivity contribution in [2.75, 3.05) is 0 Å². The van der Waals surface area contributed by atoms with E-state index in [-0.39, 0.29) is 61.7 Å². The summed E-state index contributed by atoms with van der Waals surface area (Å²) in [4.78, 5) is 0. The molecule has 0 saturated carbocycles. The Balaban J connectivity index is -0.0000000208. The zero-order chi connectivity index (χ0) is 22.0. The molecule has 0 spiro atoms. The third-order valence-electron chi connectivity index (χ3n) is 0. The molecule has 0 unspecified atom stereocenters. The summed E-state index contributed by atoms with van der Waals surface area (Å²) in [6.07, 6.45) is 0. The van der Waals surface area contributed by atoms with Gasteiger partial charge in [-0.05, 0) is 0 Å². The standard InChI is InChI=1S/3C4H11Si.2C2H5.5ClH.Mg.2Zr/c3*1-5(2,3)4;2*1-2;;;;;;;;/h3*1H2,2-4H3;2*1H2,2H3;5*1H;;;/q5*-1;;;;;;+2;2*+4/p-5. The fraction of sp³-hybridized carbons (Fsp3) is 0.688. The van der Waals surface area contributed by atoms with Crippen molar-refractivity contribution in [3.05, 3.63) is 33.5 Å². The van der Waals surface area contributed by atoms with Crippen LogP contribution in [0.25, 0.3) is 0 Å². The molecule has 164 valence electrons. The molecule has 0 aliphatic carbocycles. The van der Waals surface area contributed by atoms with Crippen LogP contribution in [0.1, 0.15) is 13.8 Å². The first-order chi connectivity index (χ1) is 10.0. The summed E-state index contributed by atoms with van der Waals surface area (Å²) in [5.41, 5.74) is 0. The summed E-state index contributed by atoms with van der Waals surface area (Å²) < 4.78 is 0. The molecule has 0 atom stereocenters. The van der Waals surface area contributed by atoms with Gasteiger partial charge in [-0.2, -0.15) is 13.8 Å². The first-order valence-corrected chi connectivity index (χ1v) is 31.5. The molecule has 0 aromatic rings. The van der Waals surface area contributed by atoms with E-state index in [1.54, 1.807) is 13.8 Å². The van der Waals surface area contributed by atoms with Crippen LogP contribution in [0, 0.1) is 33.5 Å². The summed E-state index contributed by atoms with van der Waals surface area (Å²) >= 11 is -3.29. The van der Waals surface area contributed by atoms with Gasteiger partial charge in [0, 0.05) is 0 Å². The quantitative estimate of drug-likeness (QED) is 0.210. The molecule has 0 N–H and O–H groups in total. The molecule has 0 bridgehead atoms. The summed E-state index contributed by atoms with van der Waals surface area (Å²) in [5.74, 6) is 0. The van der Waals surface area contributed by atoms with E-state index < -0.39 is 39.7 Å². The minimum atomic E-state index is -3.29. The predicted octanol–water partition coefficient (Wildman–Crippen LogP) is 6.15.